The summed E-state index contributed by atoms with van der Waals surface area (Å²) in [6, 6.07) is 6.78. The molecule has 1 aromatic rings. The van der Waals surface area contributed by atoms with E-state index in [2.05, 4.69) is 5.32 Å². The van der Waals surface area contributed by atoms with Crippen LogP contribution in [0.2, 0.25) is 0 Å². The quantitative estimate of drug-likeness (QED) is 0.460. The number of likely N-dealkylation sites (tertiary alicyclic amines) is 1. The molecule has 0 radical (unpaired) electrons. The molecule has 3 amide bonds. The van der Waals surface area contributed by atoms with Crippen LogP contribution >= 0.6 is 11.8 Å². The van der Waals surface area contributed by atoms with Gasteiger partial charge in [-0.15, -0.1) is 11.8 Å². The molecule has 3 atom stereocenters. The molecule has 1 saturated heterocycles. The van der Waals surface area contributed by atoms with Crippen molar-refractivity contribution in [2.24, 2.45) is 17.8 Å². The van der Waals surface area contributed by atoms with E-state index >= 15 is 0 Å². The summed E-state index contributed by atoms with van der Waals surface area (Å²) in [5.41, 5.74) is 0.671. The fourth-order valence-electron chi connectivity index (χ4n) is 3.81. The van der Waals surface area contributed by atoms with Crippen LogP contribution in [0.4, 0.5) is 5.69 Å². The van der Waals surface area contributed by atoms with Crippen LogP contribution in [-0.2, 0) is 14.4 Å². The number of thioether (sulfide) groups is 1. The number of anilines is 1. The highest BCUT2D eigenvalue weighted by Crippen LogP contribution is 2.37. The maximum atomic E-state index is 13.0. The van der Waals surface area contributed by atoms with Crippen molar-refractivity contribution in [1.82, 2.24) is 4.90 Å². The summed E-state index contributed by atoms with van der Waals surface area (Å²) >= 11 is 1.63. The van der Waals surface area contributed by atoms with Gasteiger partial charge in [0, 0.05) is 10.6 Å². The van der Waals surface area contributed by atoms with E-state index in [4.69, 9.17) is 0 Å². The van der Waals surface area contributed by atoms with Gasteiger partial charge in [0.25, 0.3) is 0 Å². The Morgan fingerprint density at radius 1 is 1.11 bits per heavy atom. The lowest BCUT2D eigenvalue weighted by Crippen LogP contribution is -2.48. The molecule has 3 unspecified atom stereocenters. The van der Waals surface area contributed by atoms with E-state index in [1.54, 1.807) is 11.8 Å². The van der Waals surface area contributed by atoms with Crippen LogP contribution in [0, 0.1) is 17.8 Å². The third-order valence-corrected chi connectivity index (χ3v) is 5.95. The highest BCUT2D eigenvalue weighted by atomic mass is 32.2. The summed E-state index contributed by atoms with van der Waals surface area (Å²) in [6.07, 6.45) is 7.53. The first-order valence-electron chi connectivity index (χ1n) is 9.39. The Labute approximate surface area is 164 Å². The van der Waals surface area contributed by atoms with Gasteiger partial charge >= 0.3 is 0 Å². The highest BCUT2D eigenvalue weighted by Gasteiger charge is 2.51. The average molecular weight is 387 g/mol. The smallest absolute Gasteiger partial charge is 0.247 e. The number of rotatable bonds is 6. The second-order valence-electron chi connectivity index (χ2n) is 7.57. The summed E-state index contributed by atoms with van der Waals surface area (Å²) in [5.74, 6) is -1.15. The zero-order chi connectivity index (χ0) is 19.6. The molecular weight excluding hydrogens is 360 g/mol. The van der Waals surface area contributed by atoms with Crippen molar-refractivity contribution in [2.45, 2.75) is 44.0 Å². The van der Waals surface area contributed by atoms with E-state index < -0.39 is 6.04 Å². The number of hydrogen-bond acceptors (Lipinski definition) is 4. The van der Waals surface area contributed by atoms with Gasteiger partial charge in [-0.05, 0) is 55.7 Å². The Hall–Kier alpha value is -2.08. The van der Waals surface area contributed by atoms with E-state index in [9.17, 15) is 14.4 Å². The first-order valence-corrected chi connectivity index (χ1v) is 10.6. The maximum absolute atomic E-state index is 13.0. The Balaban J connectivity index is 1.81. The lowest BCUT2D eigenvalue weighted by molar-refractivity contribution is -0.147. The summed E-state index contributed by atoms with van der Waals surface area (Å²) < 4.78 is 0. The summed E-state index contributed by atoms with van der Waals surface area (Å²) in [4.78, 5) is 41.2. The van der Waals surface area contributed by atoms with Crippen molar-refractivity contribution in [3.05, 3.63) is 36.4 Å². The molecule has 1 aliphatic carbocycles. The minimum absolute atomic E-state index is 0.181. The standard InChI is InChI=1S/C21H26N2O3S/c1-13(2)12-18(19(24)22-14-8-10-15(27-3)11-9-14)23-20(25)16-6-4-5-7-17(16)21(23)26/h4-5,8-11,13,16-18H,6-7,12H2,1-3H3,(H,22,24). The van der Waals surface area contributed by atoms with Gasteiger partial charge in [0.1, 0.15) is 6.04 Å². The number of hydrogen-bond donors (Lipinski definition) is 1. The molecule has 6 heteroatoms. The van der Waals surface area contributed by atoms with Crippen LogP contribution in [0.1, 0.15) is 33.1 Å². The highest BCUT2D eigenvalue weighted by molar-refractivity contribution is 7.98. The largest absolute Gasteiger partial charge is 0.324 e. The third-order valence-electron chi connectivity index (χ3n) is 5.21. The zero-order valence-corrected chi connectivity index (χ0v) is 16.8. The Kier molecular flexibility index (Phi) is 6.05. The van der Waals surface area contributed by atoms with Crippen molar-refractivity contribution in [2.75, 3.05) is 11.6 Å². The lowest BCUT2D eigenvalue weighted by atomic mass is 9.85. The molecule has 144 valence electrons. The van der Waals surface area contributed by atoms with Crippen LogP contribution in [0.5, 0.6) is 0 Å². The molecule has 2 aliphatic rings. The van der Waals surface area contributed by atoms with Crippen LogP contribution in [-0.4, -0.2) is 34.9 Å². The molecule has 0 spiro atoms. The van der Waals surface area contributed by atoms with E-state index in [-0.39, 0.29) is 35.5 Å². The van der Waals surface area contributed by atoms with E-state index in [1.165, 1.54) is 4.90 Å². The first-order chi connectivity index (χ1) is 12.9. The molecule has 1 aromatic carbocycles. The average Bonchev–Trinajstić information content (AvgIpc) is 2.91. The molecule has 3 rings (SSSR count). The predicted molar refractivity (Wildman–Crippen MR) is 107 cm³/mol. The van der Waals surface area contributed by atoms with Gasteiger partial charge in [-0.1, -0.05) is 26.0 Å². The normalized spacial score (nSPS) is 22.9. The molecule has 0 aromatic heterocycles. The number of amides is 3. The van der Waals surface area contributed by atoms with Crippen LogP contribution in [0.15, 0.2) is 41.3 Å². The van der Waals surface area contributed by atoms with Crippen molar-refractivity contribution in [1.29, 1.82) is 0 Å². The van der Waals surface area contributed by atoms with Crippen LogP contribution in [0.25, 0.3) is 0 Å². The lowest BCUT2D eigenvalue weighted by Gasteiger charge is -2.27. The van der Waals surface area contributed by atoms with E-state index in [1.807, 2.05) is 56.5 Å². The predicted octanol–water partition coefficient (Wildman–Crippen LogP) is 3.71. The summed E-state index contributed by atoms with van der Waals surface area (Å²) in [5, 5.41) is 2.89. The molecule has 1 aliphatic heterocycles. The van der Waals surface area contributed by atoms with Crippen LogP contribution in [0.3, 0.4) is 0 Å². The topological polar surface area (TPSA) is 66.5 Å². The maximum Gasteiger partial charge on any atom is 0.247 e. The molecule has 0 saturated carbocycles. The van der Waals surface area contributed by atoms with Crippen molar-refractivity contribution in [3.63, 3.8) is 0 Å². The Morgan fingerprint density at radius 3 is 2.15 bits per heavy atom. The van der Waals surface area contributed by atoms with Gasteiger partial charge in [0.05, 0.1) is 11.8 Å². The Bertz CT molecular complexity index is 731. The molecule has 5 nitrogen and oxygen atoms in total. The molecule has 1 N–H and O–H groups in total. The number of carbonyl (C=O) groups excluding carboxylic acids is 3. The van der Waals surface area contributed by atoms with Gasteiger partial charge in [-0.3, -0.25) is 19.3 Å². The zero-order valence-electron chi connectivity index (χ0n) is 16.0. The minimum Gasteiger partial charge on any atom is -0.324 e. The SMILES string of the molecule is CSc1ccc(NC(=O)C(CC(C)C)N2C(=O)C3CC=CCC3C2=O)cc1. The first kappa shape index (κ1) is 19.7. The monoisotopic (exact) mass is 386 g/mol. The molecular formula is C21H26N2O3S. The molecule has 1 fully saturated rings. The third kappa shape index (κ3) is 4.10. The number of benzene rings is 1. The fourth-order valence-corrected chi connectivity index (χ4v) is 4.22. The number of nitrogens with zero attached hydrogens (tertiary/aromatic N) is 1. The number of fused-ring (bicyclic) bond motifs is 1. The van der Waals surface area contributed by atoms with Gasteiger partial charge < -0.3 is 5.32 Å². The second kappa shape index (κ2) is 8.30. The summed E-state index contributed by atoms with van der Waals surface area (Å²) in [7, 11) is 0. The number of imide groups is 1. The molecule has 27 heavy (non-hydrogen) atoms. The van der Waals surface area contributed by atoms with Gasteiger partial charge in [-0.2, -0.15) is 0 Å². The molecule has 1 heterocycles. The van der Waals surface area contributed by atoms with Gasteiger partial charge in [-0.25, -0.2) is 0 Å². The Morgan fingerprint density at radius 2 is 1.67 bits per heavy atom. The van der Waals surface area contributed by atoms with E-state index in [0.29, 0.717) is 24.9 Å². The number of carbonyl (C=O) groups is 3. The summed E-state index contributed by atoms with van der Waals surface area (Å²) in [6.45, 7) is 3.99. The van der Waals surface area contributed by atoms with Crippen molar-refractivity contribution in [3.8, 4) is 0 Å². The minimum atomic E-state index is -0.768. The fraction of sp³-hybridized carbons (Fsp3) is 0.476. The van der Waals surface area contributed by atoms with Gasteiger partial charge in [0.15, 0.2) is 0 Å². The number of allylic oxidation sites excluding steroid dienone is 2. The van der Waals surface area contributed by atoms with Crippen molar-refractivity contribution >= 4 is 35.2 Å². The van der Waals surface area contributed by atoms with Crippen LogP contribution < -0.4 is 5.32 Å². The number of nitrogens with one attached hydrogen (secondary N) is 1. The van der Waals surface area contributed by atoms with Crippen molar-refractivity contribution < 1.29 is 14.4 Å². The second-order valence-corrected chi connectivity index (χ2v) is 8.45. The molecule has 0 bridgehead atoms. The van der Waals surface area contributed by atoms with E-state index in [0.717, 1.165) is 4.90 Å². The van der Waals surface area contributed by atoms with Gasteiger partial charge in [0.2, 0.25) is 17.7 Å².